The lowest BCUT2D eigenvalue weighted by Gasteiger charge is -2.06. The van der Waals surface area contributed by atoms with Crippen molar-refractivity contribution in [3.05, 3.63) is 70.6 Å². The number of nitrogens with zero attached hydrogens (tertiary/aromatic N) is 1. The number of anilines is 1. The number of carbonyl (C=O) groups excluding carboxylic acids is 2. The van der Waals surface area contributed by atoms with E-state index < -0.39 is 0 Å². The molecule has 1 heterocycles. The first kappa shape index (κ1) is 18.7. The van der Waals surface area contributed by atoms with Gasteiger partial charge in [-0.15, -0.1) is 0 Å². The first-order valence-corrected chi connectivity index (χ1v) is 8.69. The minimum absolute atomic E-state index is 0.179. The largest absolute Gasteiger partial charge is 0.441 e. The molecular formula is C20H18ClN3O3. The van der Waals surface area contributed by atoms with E-state index in [1.807, 2.05) is 18.2 Å². The lowest BCUT2D eigenvalue weighted by atomic mass is 10.1. The van der Waals surface area contributed by atoms with Crippen molar-refractivity contribution in [3.63, 3.8) is 0 Å². The molecule has 138 valence electrons. The van der Waals surface area contributed by atoms with Crippen molar-refractivity contribution in [3.8, 4) is 11.5 Å². The molecule has 0 saturated heterocycles. The van der Waals surface area contributed by atoms with Crippen molar-refractivity contribution < 1.29 is 14.0 Å². The lowest BCUT2D eigenvalue weighted by Crippen LogP contribution is -2.23. The number of aromatic nitrogens is 1. The van der Waals surface area contributed by atoms with Crippen LogP contribution in [-0.4, -0.2) is 16.8 Å². The van der Waals surface area contributed by atoms with Crippen LogP contribution in [0.4, 0.5) is 5.69 Å². The fraction of sp³-hybridized carbons (Fsp3) is 0.150. The van der Waals surface area contributed by atoms with E-state index in [-0.39, 0.29) is 18.4 Å². The van der Waals surface area contributed by atoms with E-state index in [4.69, 9.17) is 16.0 Å². The third-order valence-electron chi connectivity index (χ3n) is 3.88. The molecule has 0 saturated carbocycles. The smallest absolute Gasteiger partial charge is 0.251 e. The van der Waals surface area contributed by atoms with Crippen molar-refractivity contribution in [2.24, 2.45) is 0 Å². The Bertz CT molecular complexity index is 980. The SMILES string of the molecule is CC(=O)Nc1ccccc1-c1nc(CNC(=O)c2ccc(Cl)cc2)c(C)o1. The highest BCUT2D eigenvalue weighted by molar-refractivity contribution is 6.30. The summed E-state index contributed by atoms with van der Waals surface area (Å²) in [6, 6.07) is 13.9. The maximum Gasteiger partial charge on any atom is 0.251 e. The molecule has 6 nitrogen and oxygen atoms in total. The molecule has 27 heavy (non-hydrogen) atoms. The van der Waals surface area contributed by atoms with Crippen LogP contribution in [0, 0.1) is 6.92 Å². The van der Waals surface area contributed by atoms with Crippen LogP contribution in [0.5, 0.6) is 0 Å². The number of hydrogen-bond acceptors (Lipinski definition) is 4. The van der Waals surface area contributed by atoms with Crippen molar-refractivity contribution >= 4 is 29.1 Å². The fourth-order valence-corrected chi connectivity index (χ4v) is 2.67. The predicted octanol–water partition coefficient (Wildman–Crippen LogP) is 4.19. The van der Waals surface area contributed by atoms with Gasteiger partial charge in [-0.2, -0.15) is 0 Å². The number of benzene rings is 2. The minimum atomic E-state index is -0.228. The Hall–Kier alpha value is -3.12. The van der Waals surface area contributed by atoms with E-state index in [0.29, 0.717) is 39.2 Å². The van der Waals surface area contributed by atoms with Gasteiger partial charge in [0.25, 0.3) is 5.91 Å². The highest BCUT2D eigenvalue weighted by Crippen LogP contribution is 2.28. The van der Waals surface area contributed by atoms with E-state index >= 15 is 0 Å². The topological polar surface area (TPSA) is 84.2 Å². The summed E-state index contributed by atoms with van der Waals surface area (Å²) >= 11 is 5.83. The van der Waals surface area contributed by atoms with Crippen LogP contribution in [0.25, 0.3) is 11.5 Å². The molecule has 2 aromatic carbocycles. The van der Waals surface area contributed by atoms with Crippen LogP contribution in [0.2, 0.25) is 5.02 Å². The van der Waals surface area contributed by atoms with Gasteiger partial charge in [0, 0.05) is 17.5 Å². The predicted molar refractivity (Wildman–Crippen MR) is 104 cm³/mol. The molecule has 0 fully saturated rings. The zero-order valence-electron chi connectivity index (χ0n) is 14.9. The van der Waals surface area contributed by atoms with Crippen molar-refractivity contribution in [2.75, 3.05) is 5.32 Å². The molecule has 3 aromatic rings. The molecule has 0 aliphatic heterocycles. The first-order chi connectivity index (χ1) is 12.9. The average Bonchev–Trinajstić information content (AvgIpc) is 3.01. The number of hydrogen-bond donors (Lipinski definition) is 2. The van der Waals surface area contributed by atoms with Gasteiger partial charge in [-0.1, -0.05) is 23.7 Å². The quantitative estimate of drug-likeness (QED) is 0.691. The van der Waals surface area contributed by atoms with Gasteiger partial charge in [0.2, 0.25) is 11.8 Å². The van der Waals surface area contributed by atoms with Crippen LogP contribution in [0.3, 0.4) is 0 Å². The normalized spacial score (nSPS) is 10.5. The maximum atomic E-state index is 12.2. The molecule has 0 atom stereocenters. The molecule has 0 aliphatic carbocycles. The Balaban J connectivity index is 1.76. The number of nitrogens with one attached hydrogen (secondary N) is 2. The number of rotatable bonds is 5. The average molecular weight is 384 g/mol. The molecule has 0 spiro atoms. The van der Waals surface area contributed by atoms with Gasteiger partial charge in [0.1, 0.15) is 11.5 Å². The van der Waals surface area contributed by atoms with Crippen molar-refractivity contribution in [1.82, 2.24) is 10.3 Å². The van der Waals surface area contributed by atoms with E-state index in [9.17, 15) is 9.59 Å². The molecule has 1 aromatic heterocycles. The second-order valence-electron chi connectivity index (χ2n) is 5.94. The maximum absolute atomic E-state index is 12.2. The summed E-state index contributed by atoms with van der Waals surface area (Å²) in [4.78, 5) is 28.1. The van der Waals surface area contributed by atoms with E-state index in [1.54, 1.807) is 37.3 Å². The third kappa shape index (κ3) is 4.54. The third-order valence-corrected chi connectivity index (χ3v) is 4.14. The van der Waals surface area contributed by atoms with E-state index in [2.05, 4.69) is 15.6 Å². The van der Waals surface area contributed by atoms with Gasteiger partial charge in [-0.3, -0.25) is 9.59 Å². The Morgan fingerprint density at radius 1 is 1.11 bits per heavy atom. The summed E-state index contributed by atoms with van der Waals surface area (Å²) in [5, 5.41) is 6.14. The number of oxazole rings is 1. The Morgan fingerprint density at radius 2 is 1.81 bits per heavy atom. The molecule has 0 unspecified atom stereocenters. The molecule has 0 radical (unpaired) electrons. The fourth-order valence-electron chi connectivity index (χ4n) is 2.54. The van der Waals surface area contributed by atoms with Gasteiger partial charge >= 0.3 is 0 Å². The van der Waals surface area contributed by atoms with Crippen molar-refractivity contribution in [1.29, 1.82) is 0 Å². The van der Waals surface area contributed by atoms with Crippen LogP contribution >= 0.6 is 11.6 Å². The summed E-state index contributed by atoms with van der Waals surface area (Å²) in [5.74, 6) is 0.571. The Kier molecular flexibility index (Phi) is 5.57. The molecule has 3 rings (SSSR count). The zero-order chi connectivity index (χ0) is 19.4. The first-order valence-electron chi connectivity index (χ1n) is 8.31. The summed E-state index contributed by atoms with van der Waals surface area (Å²) in [6.07, 6.45) is 0. The molecule has 2 amide bonds. The van der Waals surface area contributed by atoms with E-state index in [1.165, 1.54) is 6.92 Å². The van der Waals surface area contributed by atoms with Crippen LogP contribution < -0.4 is 10.6 Å². The number of halogens is 1. The lowest BCUT2D eigenvalue weighted by molar-refractivity contribution is -0.114. The molecule has 0 aliphatic rings. The standard InChI is InChI=1S/C20H18ClN3O3/c1-12-18(11-22-19(26)14-7-9-15(21)10-8-14)24-20(27-12)16-5-3-4-6-17(16)23-13(2)25/h3-10H,11H2,1-2H3,(H,22,26)(H,23,25). The van der Waals surface area contributed by atoms with Crippen LogP contribution in [0.15, 0.2) is 52.9 Å². The van der Waals surface area contributed by atoms with Crippen LogP contribution in [-0.2, 0) is 11.3 Å². The number of carbonyl (C=O) groups is 2. The molecular weight excluding hydrogens is 366 g/mol. The summed E-state index contributed by atoms with van der Waals surface area (Å²) in [5.41, 5.74) is 2.41. The highest BCUT2D eigenvalue weighted by atomic mass is 35.5. The highest BCUT2D eigenvalue weighted by Gasteiger charge is 2.16. The van der Waals surface area contributed by atoms with Gasteiger partial charge in [-0.05, 0) is 43.3 Å². The Labute approximate surface area is 161 Å². The molecule has 7 heteroatoms. The summed E-state index contributed by atoms with van der Waals surface area (Å²) in [6.45, 7) is 3.44. The number of aryl methyl sites for hydroxylation is 1. The summed E-state index contributed by atoms with van der Waals surface area (Å²) < 4.78 is 5.75. The number of para-hydroxylation sites is 1. The second kappa shape index (κ2) is 8.05. The second-order valence-corrected chi connectivity index (χ2v) is 6.37. The van der Waals surface area contributed by atoms with Gasteiger partial charge in [0.15, 0.2) is 0 Å². The number of amides is 2. The van der Waals surface area contributed by atoms with Gasteiger partial charge < -0.3 is 15.1 Å². The Morgan fingerprint density at radius 3 is 2.52 bits per heavy atom. The summed E-state index contributed by atoms with van der Waals surface area (Å²) in [7, 11) is 0. The van der Waals surface area contributed by atoms with Crippen molar-refractivity contribution in [2.45, 2.75) is 20.4 Å². The molecule has 2 N–H and O–H groups in total. The zero-order valence-corrected chi connectivity index (χ0v) is 15.6. The van der Waals surface area contributed by atoms with Crippen LogP contribution in [0.1, 0.15) is 28.7 Å². The van der Waals surface area contributed by atoms with Gasteiger partial charge in [-0.25, -0.2) is 4.98 Å². The monoisotopic (exact) mass is 383 g/mol. The van der Waals surface area contributed by atoms with Gasteiger partial charge in [0.05, 0.1) is 17.8 Å². The molecule has 0 bridgehead atoms. The van der Waals surface area contributed by atoms with E-state index in [0.717, 1.165) is 0 Å². The minimum Gasteiger partial charge on any atom is -0.441 e.